The Balaban J connectivity index is 2.25. The fourth-order valence-electron chi connectivity index (χ4n) is 2.10. The number of nitrogens with zero attached hydrogens (tertiary/aromatic N) is 2. The van der Waals surface area contributed by atoms with E-state index in [0.29, 0.717) is 24.7 Å². The molecule has 1 aromatic heterocycles. The van der Waals surface area contributed by atoms with Crippen LogP contribution in [0.25, 0.3) is 0 Å². The van der Waals surface area contributed by atoms with Gasteiger partial charge in [-0.25, -0.2) is 13.4 Å². The second-order valence-corrected chi connectivity index (χ2v) is 7.56. The average molecular weight is 301 g/mol. The van der Waals surface area contributed by atoms with Gasteiger partial charge in [-0.15, -0.1) is 0 Å². The number of rotatable bonds is 3. The van der Waals surface area contributed by atoms with Gasteiger partial charge in [0.15, 0.2) is 0 Å². The summed E-state index contributed by atoms with van der Waals surface area (Å²) in [5.41, 5.74) is 0.204. The van der Waals surface area contributed by atoms with Gasteiger partial charge in [-0.3, -0.25) is 4.79 Å². The zero-order valence-corrected chi connectivity index (χ0v) is 12.6. The lowest BCUT2D eigenvalue weighted by molar-refractivity contribution is -0.00534. The minimum absolute atomic E-state index is 0.191. The van der Waals surface area contributed by atoms with Crippen molar-refractivity contribution in [1.82, 2.24) is 14.3 Å². The third kappa shape index (κ3) is 3.08. The summed E-state index contributed by atoms with van der Waals surface area (Å²) >= 11 is 0. The summed E-state index contributed by atoms with van der Waals surface area (Å²) < 4.78 is 31.3. The summed E-state index contributed by atoms with van der Waals surface area (Å²) in [5, 5.41) is -0.477. The van der Waals surface area contributed by atoms with Crippen LogP contribution in [0, 0.1) is 6.92 Å². The molecule has 112 valence electrons. The first kappa shape index (κ1) is 15.1. The number of sulfonamides is 1. The highest BCUT2D eigenvalue weighted by atomic mass is 32.2. The second-order valence-electron chi connectivity index (χ2n) is 5.07. The minimum Gasteiger partial charge on any atom is -0.369 e. The first-order chi connectivity index (χ1) is 9.30. The molecule has 1 fully saturated rings. The number of aromatic amines is 1. The predicted octanol–water partition coefficient (Wildman–Crippen LogP) is 0.190. The Labute approximate surface area is 118 Å². The lowest BCUT2D eigenvalue weighted by Gasteiger charge is -2.32. The molecule has 0 aromatic carbocycles. The van der Waals surface area contributed by atoms with E-state index >= 15 is 0 Å². The highest BCUT2D eigenvalue weighted by Crippen LogP contribution is 2.23. The number of ether oxygens (including phenoxy) is 1. The number of morpholine rings is 1. The minimum atomic E-state index is -3.32. The molecule has 1 saturated heterocycles. The molecule has 0 saturated carbocycles. The van der Waals surface area contributed by atoms with Gasteiger partial charge in [0, 0.05) is 19.2 Å². The largest absolute Gasteiger partial charge is 0.369 e. The Morgan fingerprint density at radius 2 is 2.20 bits per heavy atom. The van der Waals surface area contributed by atoms with Crippen molar-refractivity contribution in [1.29, 1.82) is 0 Å². The molecule has 1 aromatic rings. The Morgan fingerprint density at radius 1 is 1.50 bits per heavy atom. The van der Waals surface area contributed by atoms with Crippen molar-refractivity contribution in [3.8, 4) is 0 Å². The van der Waals surface area contributed by atoms with Gasteiger partial charge >= 0.3 is 0 Å². The molecule has 0 spiro atoms. The summed E-state index contributed by atoms with van der Waals surface area (Å²) in [4.78, 5) is 18.2. The number of hydrogen-bond acceptors (Lipinski definition) is 5. The molecule has 1 atom stereocenters. The molecule has 1 aliphatic heterocycles. The smallest absolute Gasteiger partial charge is 0.251 e. The third-order valence-electron chi connectivity index (χ3n) is 3.19. The van der Waals surface area contributed by atoms with Crippen LogP contribution in [0.3, 0.4) is 0 Å². The van der Waals surface area contributed by atoms with Crippen molar-refractivity contribution < 1.29 is 13.2 Å². The van der Waals surface area contributed by atoms with Crippen LogP contribution in [0.15, 0.2) is 10.9 Å². The first-order valence-electron chi connectivity index (χ1n) is 6.49. The molecule has 0 aliphatic carbocycles. The lowest BCUT2D eigenvalue weighted by atomic mass is 10.2. The number of aromatic nitrogens is 2. The molecule has 2 rings (SSSR count). The highest BCUT2D eigenvalue weighted by Gasteiger charge is 2.32. The molecule has 8 heteroatoms. The van der Waals surface area contributed by atoms with Crippen molar-refractivity contribution >= 4 is 10.0 Å². The molecule has 0 radical (unpaired) electrons. The number of nitrogens with one attached hydrogen (secondary N) is 1. The van der Waals surface area contributed by atoms with E-state index in [2.05, 4.69) is 9.97 Å². The van der Waals surface area contributed by atoms with Crippen molar-refractivity contribution in [2.45, 2.75) is 32.1 Å². The van der Waals surface area contributed by atoms with Crippen LogP contribution in [-0.2, 0) is 14.8 Å². The van der Waals surface area contributed by atoms with Gasteiger partial charge in [0.2, 0.25) is 10.0 Å². The van der Waals surface area contributed by atoms with Crippen molar-refractivity contribution in [2.75, 3.05) is 19.7 Å². The fourth-order valence-corrected chi connectivity index (χ4v) is 3.37. The maximum atomic E-state index is 12.2. The van der Waals surface area contributed by atoms with Crippen molar-refractivity contribution in [3.63, 3.8) is 0 Å². The van der Waals surface area contributed by atoms with E-state index in [1.807, 2.05) is 0 Å². The van der Waals surface area contributed by atoms with E-state index in [4.69, 9.17) is 4.74 Å². The van der Waals surface area contributed by atoms with E-state index < -0.39 is 21.4 Å². The third-order valence-corrected chi connectivity index (χ3v) is 5.44. The van der Waals surface area contributed by atoms with Gasteiger partial charge in [0.05, 0.1) is 17.6 Å². The Hall–Kier alpha value is -1.25. The molecule has 1 unspecified atom stereocenters. The van der Waals surface area contributed by atoms with Gasteiger partial charge in [-0.05, 0) is 20.8 Å². The van der Waals surface area contributed by atoms with Crippen LogP contribution in [0.1, 0.15) is 31.5 Å². The zero-order chi connectivity index (χ0) is 14.9. The van der Waals surface area contributed by atoms with Crippen LogP contribution in [0.4, 0.5) is 0 Å². The quantitative estimate of drug-likeness (QED) is 0.860. The molecule has 20 heavy (non-hydrogen) atoms. The van der Waals surface area contributed by atoms with Gasteiger partial charge in [-0.1, -0.05) is 0 Å². The molecule has 0 bridgehead atoms. The SMILES string of the molecule is Cc1nc(C2CN(S(=O)(=O)C(C)C)CCO2)cc(=O)[nH]1. The van der Waals surface area contributed by atoms with Gasteiger partial charge in [-0.2, -0.15) is 4.31 Å². The van der Waals surface area contributed by atoms with Crippen LogP contribution < -0.4 is 5.56 Å². The fraction of sp³-hybridized carbons (Fsp3) is 0.667. The second kappa shape index (κ2) is 5.63. The van der Waals surface area contributed by atoms with Gasteiger partial charge in [0.25, 0.3) is 5.56 Å². The zero-order valence-electron chi connectivity index (χ0n) is 11.8. The summed E-state index contributed by atoms with van der Waals surface area (Å²) in [5.74, 6) is 0.486. The number of aryl methyl sites for hydroxylation is 1. The Kier molecular flexibility index (Phi) is 4.26. The van der Waals surface area contributed by atoms with Crippen molar-refractivity contribution in [2.24, 2.45) is 0 Å². The maximum Gasteiger partial charge on any atom is 0.251 e. The number of H-pyrrole nitrogens is 1. The summed E-state index contributed by atoms with van der Waals surface area (Å²) in [6.45, 7) is 5.79. The van der Waals surface area contributed by atoms with E-state index in [-0.39, 0.29) is 12.1 Å². The molecule has 7 nitrogen and oxygen atoms in total. The van der Waals surface area contributed by atoms with Crippen molar-refractivity contribution in [3.05, 3.63) is 27.9 Å². The van der Waals surface area contributed by atoms with E-state index in [9.17, 15) is 13.2 Å². The standard InChI is InChI=1S/C12H19N3O4S/c1-8(2)20(17,18)15-4-5-19-11(7-15)10-6-12(16)14-9(3)13-10/h6,8,11H,4-5,7H2,1-3H3,(H,13,14,16). The van der Waals surface area contributed by atoms with Crippen LogP contribution in [-0.4, -0.2) is 47.6 Å². The molecule has 1 N–H and O–H groups in total. The van der Waals surface area contributed by atoms with Crippen LogP contribution >= 0.6 is 0 Å². The summed E-state index contributed by atoms with van der Waals surface area (Å²) in [6.07, 6.45) is -0.502. The van der Waals surface area contributed by atoms with E-state index in [1.165, 1.54) is 10.4 Å². The lowest BCUT2D eigenvalue weighted by Crippen LogP contribution is -2.45. The van der Waals surface area contributed by atoms with Gasteiger partial charge < -0.3 is 9.72 Å². The van der Waals surface area contributed by atoms with Crippen LogP contribution in [0.5, 0.6) is 0 Å². The summed E-state index contributed by atoms with van der Waals surface area (Å²) in [7, 11) is -3.32. The maximum absolute atomic E-state index is 12.2. The highest BCUT2D eigenvalue weighted by molar-refractivity contribution is 7.89. The first-order valence-corrected chi connectivity index (χ1v) is 7.99. The van der Waals surface area contributed by atoms with Crippen LogP contribution in [0.2, 0.25) is 0 Å². The summed E-state index contributed by atoms with van der Waals surface area (Å²) in [6, 6.07) is 1.35. The molecule has 2 heterocycles. The Morgan fingerprint density at radius 3 is 2.80 bits per heavy atom. The monoisotopic (exact) mass is 301 g/mol. The van der Waals surface area contributed by atoms with Gasteiger partial charge in [0.1, 0.15) is 11.9 Å². The topological polar surface area (TPSA) is 92.4 Å². The molecular weight excluding hydrogens is 282 g/mol. The molecule has 0 amide bonds. The normalized spacial score (nSPS) is 21.3. The van der Waals surface area contributed by atoms with E-state index in [0.717, 1.165) is 0 Å². The molecule has 1 aliphatic rings. The predicted molar refractivity (Wildman–Crippen MR) is 73.9 cm³/mol. The number of hydrogen-bond donors (Lipinski definition) is 1. The van der Waals surface area contributed by atoms with E-state index in [1.54, 1.807) is 20.8 Å². The molecular formula is C12H19N3O4S. The average Bonchev–Trinajstić information content (AvgIpc) is 2.37. The Bertz CT molecular complexity index is 638.